The molecule has 0 spiro atoms. The summed E-state index contributed by atoms with van der Waals surface area (Å²) >= 11 is 5.57. The fraction of sp³-hybridized carbons (Fsp3) is 1.00. The minimum atomic E-state index is 0. The SMILES string of the molecule is C[N+](C)(C)CCCCCCCl.[Cl-]. The maximum atomic E-state index is 5.57. The largest absolute Gasteiger partial charge is 1.00 e. The Labute approximate surface area is 88.1 Å². The minimum Gasteiger partial charge on any atom is -1.00 e. The molecule has 0 saturated heterocycles. The summed E-state index contributed by atoms with van der Waals surface area (Å²) in [5.41, 5.74) is 0. The van der Waals surface area contributed by atoms with Gasteiger partial charge in [0.15, 0.2) is 0 Å². The Bertz CT molecular complexity index is 89.0. The van der Waals surface area contributed by atoms with Crippen LogP contribution < -0.4 is 12.4 Å². The molecule has 0 rings (SSSR count). The Kier molecular flexibility index (Phi) is 10.2. The summed E-state index contributed by atoms with van der Waals surface area (Å²) in [7, 11) is 6.71. The normalized spacial score (nSPS) is 11.0. The Morgan fingerprint density at radius 2 is 1.42 bits per heavy atom. The molecule has 0 aromatic carbocycles. The van der Waals surface area contributed by atoms with E-state index in [0.717, 1.165) is 10.4 Å². The van der Waals surface area contributed by atoms with Crippen LogP contribution >= 0.6 is 11.6 Å². The van der Waals surface area contributed by atoms with E-state index in [1.54, 1.807) is 0 Å². The molecule has 0 fully saturated rings. The highest BCUT2D eigenvalue weighted by molar-refractivity contribution is 6.17. The van der Waals surface area contributed by atoms with E-state index in [1.165, 1.54) is 32.2 Å². The van der Waals surface area contributed by atoms with Crippen molar-refractivity contribution < 1.29 is 16.9 Å². The van der Waals surface area contributed by atoms with Crippen molar-refractivity contribution >= 4 is 11.6 Å². The monoisotopic (exact) mass is 213 g/mol. The van der Waals surface area contributed by atoms with Gasteiger partial charge < -0.3 is 16.9 Å². The van der Waals surface area contributed by atoms with Crippen molar-refractivity contribution in [3.63, 3.8) is 0 Å². The summed E-state index contributed by atoms with van der Waals surface area (Å²) in [6.07, 6.45) is 5.14. The lowest BCUT2D eigenvalue weighted by atomic mass is 10.2. The molecule has 76 valence electrons. The van der Waals surface area contributed by atoms with Crippen LogP contribution in [0.25, 0.3) is 0 Å². The second kappa shape index (κ2) is 8.15. The van der Waals surface area contributed by atoms with Gasteiger partial charge in [-0.1, -0.05) is 6.42 Å². The van der Waals surface area contributed by atoms with Gasteiger partial charge in [0.25, 0.3) is 0 Å². The van der Waals surface area contributed by atoms with E-state index in [9.17, 15) is 0 Å². The maximum Gasteiger partial charge on any atom is 0.0780 e. The van der Waals surface area contributed by atoms with Gasteiger partial charge in [-0.3, -0.25) is 0 Å². The summed E-state index contributed by atoms with van der Waals surface area (Å²) in [5.74, 6) is 0.824. The molecule has 0 bridgehead atoms. The quantitative estimate of drug-likeness (QED) is 0.317. The van der Waals surface area contributed by atoms with E-state index in [2.05, 4.69) is 21.1 Å². The van der Waals surface area contributed by atoms with Gasteiger partial charge in [-0.05, 0) is 19.3 Å². The molecule has 0 N–H and O–H groups in total. The van der Waals surface area contributed by atoms with Crippen molar-refractivity contribution in [3.05, 3.63) is 0 Å². The zero-order valence-corrected chi connectivity index (χ0v) is 9.96. The average molecular weight is 214 g/mol. The first-order valence-electron chi connectivity index (χ1n) is 4.43. The minimum absolute atomic E-state index is 0. The van der Waals surface area contributed by atoms with Crippen LogP contribution in [0, 0.1) is 0 Å². The molecule has 12 heavy (non-hydrogen) atoms. The number of halogens is 2. The summed E-state index contributed by atoms with van der Waals surface area (Å²) in [4.78, 5) is 0. The lowest BCUT2D eigenvalue weighted by Gasteiger charge is -2.23. The van der Waals surface area contributed by atoms with Crippen LogP contribution in [0.15, 0.2) is 0 Å². The Balaban J connectivity index is 0. The highest BCUT2D eigenvalue weighted by atomic mass is 35.5. The number of hydrogen-bond donors (Lipinski definition) is 0. The highest BCUT2D eigenvalue weighted by Gasteiger charge is 2.04. The van der Waals surface area contributed by atoms with Crippen LogP contribution in [0.3, 0.4) is 0 Å². The Morgan fingerprint density at radius 3 is 1.83 bits per heavy atom. The van der Waals surface area contributed by atoms with Crippen molar-refractivity contribution in [2.24, 2.45) is 0 Å². The number of quaternary nitrogens is 1. The molecule has 0 amide bonds. The van der Waals surface area contributed by atoms with Crippen LogP contribution in [0.1, 0.15) is 25.7 Å². The molecule has 0 saturated carbocycles. The smallest absolute Gasteiger partial charge is 0.0780 e. The van der Waals surface area contributed by atoms with Crippen molar-refractivity contribution in [3.8, 4) is 0 Å². The first-order chi connectivity index (χ1) is 5.06. The number of nitrogens with zero attached hydrogens (tertiary/aromatic N) is 1. The van der Waals surface area contributed by atoms with E-state index in [1.807, 2.05) is 0 Å². The summed E-state index contributed by atoms with van der Waals surface area (Å²) in [5, 5.41) is 0. The molecule has 0 heterocycles. The molecule has 0 radical (unpaired) electrons. The van der Waals surface area contributed by atoms with E-state index in [4.69, 9.17) is 11.6 Å². The molecule has 0 unspecified atom stereocenters. The Hall–Kier alpha value is 0.540. The third kappa shape index (κ3) is 13.2. The lowest BCUT2D eigenvalue weighted by molar-refractivity contribution is -0.870. The standard InChI is InChI=1S/C9H21ClN.ClH/c1-11(2,3)9-7-5-4-6-8-10;/h4-9H2,1-3H3;1H/q+1;/p-1. The second-order valence-corrected chi connectivity index (χ2v) is 4.50. The van der Waals surface area contributed by atoms with E-state index in [0.29, 0.717) is 0 Å². The van der Waals surface area contributed by atoms with Gasteiger partial charge in [0.05, 0.1) is 27.7 Å². The van der Waals surface area contributed by atoms with Crippen molar-refractivity contribution in [2.75, 3.05) is 33.6 Å². The predicted molar refractivity (Wildman–Crippen MR) is 52.1 cm³/mol. The molecular weight excluding hydrogens is 193 g/mol. The third-order valence-electron chi connectivity index (χ3n) is 1.71. The van der Waals surface area contributed by atoms with E-state index >= 15 is 0 Å². The molecule has 1 nitrogen and oxygen atoms in total. The highest BCUT2D eigenvalue weighted by Crippen LogP contribution is 2.03. The molecule has 3 heteroatoms. The number of alkyl halides is 1. The molecule has 0 aromatic rings. The summed E-state index contributed by atoms with van der Waals surface area (Å²) < 4.78 is 1.08. The zero-order valence-electron chi connectivity index (χ0n) is 8.45. The van der Waals surface area contributed by atoms with E-state index < -0.39 is 0 Å². The van der Waals surface area contributed by atoms with Crippen LogP contribution in [0.4, 0.5) is 0 Å². The van der Waals surface area contributed by atoms with Gasteiger partial charge in [-0.15, -0.1) is 11.6 Å². The maximum absolute atomic E-state index is 5.57. The van der Waals surface area contributed by atoms with Gasteiger partial charge in [0.1, 0.15) is 0 Å². The fourth-order valence-electron chi connectivity index (χ4n) is 1.03. The van der Waals surface area contributed by atoms with Crippen molar-refractivity contribution in [1.29, 1.82) is 0 Å². The Morgan fingerprint density at radius 1 is 0.917 bits per heavy atom. The van der Waals surface area contributed by atoms with Gasteiger partial charge in [0.2, 0.25) is 0 Å². The second-order valence-electron chi connectivity index (χ2n) is 4.12. The lowest BCUT2D eigenvalue weighted by Crippen LogP contribution is -3.00. The van der Waals surface area contributed by atoms with Crippen LogP contribution in [0.5, 0.6) is 0 Å². The van der Waals surface area contributed by atoms with Crippen molar-refractivity contribution in [2.45, 2.75) is 25.7 Å². The number of unbranched alkanes of at least 4 members (excludes halogenated alkanes) is 3. The number of rotatable bonds is 6. The first-order valence-corrected chi connectivity index (χ1v) is 4.96. The average Bonchev–Trinajstić information content (AvgIpc) is 1.85. The van der Waals surface area contributed by atoms with Crippen LogP contribution in [-0.2, 0) is 0 Å². The fourth-order valence-corrected chi connectivity index (χ4v) is 1.22. The number of hydrogen-bond acceptors (Lipinski definition) is 0. The third-order valence-corrected chi connectivity index (χ3v) is 1.98. The summed E-state index contributed by atoms with van der Waals surface area (Å²) in [6.45, 7) is 1.28. The predicted octanol–water partition coefficient (Wildman–Crippen LogP) is -0.504. The van der Waals surface area contributed by atoms with Crippen molar-refractivity contribution in [1.82, 2.24) is 0 Å². The molecular formula is C9H21Cl2N. The first kappa shape index (κ1) is 15.0. The molecule has 0 aliphatic heterocycles. The molecule has 0 aliphatic rings. The van der Waals surface area contributed by atoms with Gasteiger partial charge in [-0.2, -0.15) is 0 Å². The van der Waals surface area contributed by atoms with E-state index in [-0.39, 0.29) is 12.4 Å². The zero-order chi connectivity index (χ0) is 8.74. The van der Waals surface area contributed by atoms with Gasteiger partial charge >= 0.3 is 0 Å². The van der Waals surface area contributed by atoms with Crippen LogP contribution in [0.2, 0.25) is 0 Å². The topological polar surface area (TPSA) is 0 Å². The van der Waals surface area contributed by atoms with Crippen LogP contribution in [-0.4, -0.2) is 38.1 Å². The van der Waals surface area contributed by atoms with Gasteiger partial charge in [-0.25, -0.2) is 0 Å². The van der Waals surface area contributed by atoms with Gasteiger partial charge in [0, 0.05) is 5.88 Å². The molecule has 0 aromatic heterocycles. The molecule has 0 atom stereocenters. The summed E-state index contributed by atoms with van der Waals surface area (Å²) in [6, 6.07) is 0. The molecule has 0 aliphatic carbocycles.